The Labute approximate surface area is 73.9 Å². The van der Waals surface area contributed by atoms with Crippen molar-refractivity contribution in [2.24, 2.45) is 5.92 Å². The standard InChI is InChI=1S/C10H18FN/c1-8(2)10-4-3-5-12(10)7-9(11)6-10/h8-9H,3-7H2,1-2H3/t9-,10-/m0/s1. The Morgan fingerprint density at radius 3 is 2.83 bits per heavy atom. The minimum absolute atomic E-state index is 0.236. The normalized spacial score (nSPS) is 42.5. The first kappa shape index (κ1) is 8.49. The zero-order valence-corrected chi connectivity index (χ0v) is 8.02. The lowest BCUT2D eigenvalue weighted by molar-refractivity contribution is 0.136. The van der Waals surface area contributed by atoms with Crippen LogP contribution in [0.5, 0.6) is 0 Å². The zero-order chi connectivity index (χ0) is 8.77. The quantitative estimate of drug-likeness (QED) is 0.584. The molecule has 0 aliphatic carbocycles. The largest absolute Gasteiger partial charge is 0.294 e. The van der Waals surface area contributed by atoms with Crippen molar-refractivity contribution < 1.29 is 4.39 Å². The van der Waals surface area contributed by atoms with Crippen LogP contribution in [0.3, 0.4) is 0 Å². The summed E-state index contributed by atoms with van der Waals surface area (Å²) in [6, 6.07) is 0. The first-order valence-corrected chi connectivity index (χ1v) is 5.04. The van der Waals surface area contributed by atoms with Gasteiger partial charge in [-0.05, 0) is 31.7 Å². The Balaban J connectivity index is 2.20. The first-order chi connectivity index (χ1) is 5.65. The second-order valence-electron chi connectivity index (χ2n) is 4.61. The molecule has 0 radical (unpaired) electrons. The maximum Gasteiger partial charge on any atom is 0.115 e. The van der Waals surface area contributed by atoms with E-state index in [4.69, 9.17) is 0 Å². The van der Waals surface area contributed by atoms with Gasteiger partial charge >= 0.3 is 0 Å². The van der Waals surface area contributed by atoms with Crippen molar-refractivity contribution in [3.63, 3.8) is 0 Å². The van der Waals surface area contributed by atoms with Gasteiger partial charge in [-0.25, -0.2) is 4.39 Å². The van der Waals surface area contributed by atoms with Crippen LogP contribution in [-0.4, -0.2) is 29.7 Å². The van der Waals surface area contributed by atoms with Gasteiger partial charge in [0.25, 0.3) is 0 Å². The molecule has 2 aliphatic heterocycles. The lowest BCUT2D eigenvalue weighted by atomic mass is 9.82. The fraction of sp³-hybridized carbons (Fsp3) is 1.00. The highest BCUT2D eigenvalue weighted by atomic mass is 19.1. The van der Waals surface area contributed by atoms with Crippen LogP contribution in [0.4, 0.5) is 4.39 Å². The van der Waals surface area contributed by atoms with Crippen LogP contribution in [-0.2, 0) is 0 Å². The highest BCUT2D eigenvalue weighted by Crippen LogP contribution is 2.44. The van der Waals surface area contributed by atoms with Crippen LogP contribution in [0.2, 0.25) is 0 Å². The van der Waals surface area contributed by atoms with Gasteiger partial charge in [-0.1, -0.05) is 13.8 Å². The Kier molecular flexibility index (Phi) is 1.90. The second-order valence-corrected chi connectivity index (χ2v) is 4.61. The van der Waals surface area contributed by atoms with Gasteiger partial charge in [0.05, 0.1) is 0 Å². The van der Waals surface area contributed by atoms with Crippen LogP contribution in [0, 0.1) is 5.92 Å². The van der Waals surface area contributed by atoms with E-state index in [2.05, 4.69) is 18.7 Å². The number of hydrogen-bond acceptors (Lipinski definition) is 1. The van der Waals surface area contributed by atoms with E-state index >= 15 is 0 Å². The first-order valence-electron chi connectivity index (χ1n) is 5.04. The van der Waals surface area contributed by atoms with E-state index in [1.165, 1.54) is 12.8 Å². The molecule has 2 saturated heterocycles. The average molecular weight is 171 g/mol. The number of halogens is 1. The van der Waals surface area contributed by atoms with Crippen molar-refractivity contribution in [1.82, 2.24) is 4.90 Å². The summed E-state index contributed by atoms with van der Waals surface area (Å²) in [4.78, 5) is 2.38. The van der Waals surface area contributed by atoms with E-state index in [0.717, 1.165) is 13.0 Å². The van der Waals surface area contributed by atoms with Crippen molar-refractivity contribution in [3.05, 3.63) is 0 Å². The predicted molar refractivity (Wildman–Crippen MR) is 47.9 cm³/mol. The van der Waals surface area contributed by atoms with Crippen LogP contribution in [0.1, 0.15) is 33.1 Å². The van der Waals surface area contributed by atoms with E-state index in [9.17, 15) is 4.39 Å². The molecule has 2 aliphatic rings. The fourth-order valence-electron chi connectivity index (χ4n) is 3.04. The van der Waals surface area contributed by atoms with Crippen LogP contribution < -0.4 is 0 Å². The molecule has 0 bridgehead atoms. The molecule has 2 heterocycles. The fourth-order valence-corrected chi connectivity index (χ4v) is 3.04. The number of rotatable bonds is 1. The molecule has 12 heavy (non-hydrogen) atoms. The van der Waals surface area contributed by atoms with E-state index in [0.29, 0.717) is 12.5 Å². The molecule has 2 rings (SSSR count). The summed E-state index contributed by atoms with van der Waals surface area (Å²) in [6.45, 7) is 6.28. The summed E-state index contributed by atoms with van der Waals surface area (Å²) in [7, 11) is 0. The summed E-state index contributed by atoms with van der Waals surface area (Å²) in [6.07, 6.45) is 2.70. The minimum Gasteiger partial charge on any atom is -0.294 e. The van der Waals surface area contributed by atoms with Gasteiger partial charge in [-0.3, -0.25) is 4.90 Å². The van der Waals surface area contributed by atoms with Crippen molar-refractivity contribution >= 4 is 0 Å². The van der Waals surface area contributed by atoms with Gasteiger partial charge < -0.3 is 0 Å². The van der Waals surface area contributed by atoms with Gasteiger partial charge in [0, 0.05) is 12.1 Å². The minimum atomic E-state index is -0.562. The van der Waals surface area contributed by atoms with E-state index < -0.39 is 6.17 Å². The summed E-state index contributed by atoms with van der Waals surface area (Å²) >= 11 is 0. The summed E-state index contributed by atoms with van der Waals surface area (Å²) < 4.78 is 13.2. The van der Waals surface area contributed by atoms with Crippen molar-refractivity contribution in [3.8, 4) is 0 Å². The van der Waals surface area contributed by atoms with Crippen LogP contribution in [0.25, 0.3) is 0 Å². The van der Waals surface area contributed by atoms with Crippen LogP contribution >= 0.6 is 0 Å². The topological polar surface area (TPSA) is 3.24 Å². The molecule has 0 unspecified atom stereocenters. The third-order valence-corrected chi connectivity index (χ3v) is 3.74. The molecule has 0 aromatic heterocycles. The van der Waals surface area contributed by atoms with Gasteiger partial charge in [0.2, 0.25) is 0 Å². The summed E-state index contributed by atoms with van der Waals surface area (Å²) in [5.41, 5.74) is 0.236. The number of alkyl halides is 1. The highest BCUT2D eigenvalue weighted by Gasteiger charge is 2.50. The Morgan fingerprint density at radius 1 is 1.50 bits per heavy atom. The van der Waals surface area contributed by atoms with Gasteiger partial charge in [-0.2, -0.15) is 0 Å². The third kappa shape index (κ3) is 1.00. The molecule has 0 N–H and O–H groups in total. The Hall–Kier alpha value is -0.110. The smallest absolute Gasteiger partial charge is 0.115 e. The van der Waals surface area contributed by atoms with E-state index in [1.807, 2.05) is 0 Å². The highest BCUT2D eigenvalue weighted by molar-refractivity contribution is 5.05. The maximum atomic E-state index is 13.2. The maximum absolute atomic E-state index is 13.2. The summed E-state index contributed by atoms with van der Waals surface area (Å²) in [5, 5.41) is 0. The van der Waals surface area contributed by atoms with Gasteiger partial charge in [0.15, 0.2) is 0 Å². The Bertz CT molecular complexity index is 181. The van der Waals surface area contributed by atoms with Crippen LogP contribution in [0.15, 0.2) is 0 Å². The molecule has 0 amide bonds. The molecule has 2 heteroatoms. The third-order valence-electron chi connectivity index (χ3n) is 3.74. The molecular weight excluding hydrogens is 153 g/mol. The number of fused-ring (bicyclic) bond motifs is 1. The monoisotopic (exact) mass is 171 g/mol. The summed E-state index contributed by atoms with van der Waals surface area (Å²) in [5.74, 6) is 0.612. The Morgan fingerprint density at radius 2 is 2.25 bits per heavy atom. The molecule has 0 spiro atoms. The second kappa shape index (κ2) is 2.69. The van der Waals surface area contributed by atoms with Crippen molar-refractivity contribution in [2.75, 3.05) is 13.1 Å². The molecule has 70 valence electrons. The molecule has 0 saturated carbocycles. The van der Waals surface area contributed by atoms with E-state index in [1.54, 1.807) is 0 Å². The number of hydrogen-bond donors (Lipinski definition) is 0. The molecule has 0 aromatic carbocycles. The lowest BCUT2D eigenvalue weighted by Gasteiger charge is -2.35. The molecule has 1 nitrogen and oxygen atoms in total. The lowest BCUT2D eigenvalue weighted by Crippen LogP contribution is -2.42. The molecule has 2 fully saturated rings. The number of nitrogens with zero attached hydrogens (tertiary/aromatic N) is 1. The van der Waals surface area contributed by atoms with Gasteiger partial charge in [0.1, 0.15) is 6.17 Å². The molecule has 2 atom stereocenters. The SMILES string of the molecule is CC(C)[C@@]12CCCN1C[C@@H](F)C2. The molecular formula is C10H18FN. The van der Waals surface area contributed by atoms with Crippen molar-refractivity contribution in [2.45, 2.75) is 44.8 Å². The predicted octanol–water partition coefficient (Wildman–Crippen LogP) is 2.22. The average Bonchev–Trinajstić information content (AvgIpc) is 2.42. The zero-order valence-electron chi connectivity index (χ0n) is 8.02. The van der Waals surface area contributed by atoms with Crippen molar-refractivity contribution in [1.29, 1.82) is 0 Å². The van der Waals surface area contributed by atoms with E-state index in [-0.39, 0.29) is 5.54 Å². The van der Waals surface area contributed by atoms with Gasteiger partial charge in [-0.15, -0.1) is 0 Å². The molecule has 0 aromatic rings.